The summed E-state index contributed by atoms with van der Waals surface area (Å²) in [5, 5.41) is 14.8. The van der Waals surface area contributed by atoms with E-state index in [0.29, 0.717) is 17.9 Å². The van der Waals surface area contributed by atoms with Crippen molar-refractivity contribution in [3.05, 3.63) is 65.4 Å². The fourth-order valence-electron chi connectivity index (χ4n) is 2.92. The zero-order valence-electron chi connectivity index (χ0n) is 13.6. The fourth-order valence-corrected chi connectivity index (χ4v) is 2.92. The maximum Gasteiger partial charge on any atom is 0.177 e. The summed E-state index contributed by atoms with van der Waals surface area (Å²) < 4.78 is 1.89. The average Bonchev–Trinajstić information content (AvgIpc) is 3.10. The number of aromatic amines is 1. The summed E-state index contributed by atoms with van der Waals surface area (Å²) in [7, 11) is 0. The maximum atomic E-state index is 10.2. The Morgan fingerprint density at radius 3 is 2.62 bits per heavy atom. The van der Waals surface area contributed by atoms with Gasteiger partial charge in [-0.05, 0) is 37.1 Å². The normalized spacial score (nSPS) is 11.2. The van der Waals surface area contributed by atoms with E-state index in [4.69, 9.17) is 0 Å². The molecule has 120 valence electrons. The van der Waals surface area contributed by atoms with Gasteiger partial charge >= 0.3 is 0 Å². The second-order valence-electron chi connectivity index (χ2n) is 6.03. The molecule has 24 heavy (non-hydrogen) atoms. The van der Waals surface area contributed by atoms with E-state index in [1.165, 1.54) is 5.56 Å². The Balaban J connectivity index is 1.79. The number of aromatic nitrogens is 4. The number of aryl methyl sites for hydroxylation is 2. The van der Waals surface area contributed by atoms with Gasteiger partial charge < -0.3 is 10.1 Å². The molecule has 0 aliphatic rings. The minimum absolute atomic E-state index is 0.228. The zero-order chi connectivity index (χ0) is 16.7. The van der Waals surface area contributed by atoms with Crippen molar-refractivity contribution in [1.82, 2.24) is 19.7 Å². The van der Waals surface area contributed by atoms with E-state index in [1.54, 1.807) is 6.07 Å². The van der Waals surface area contributed by atoms with E-state index in [1.807, 2.05) is 48.9 Å². The molecule has 4 rings (SSSR count). The van der Waals surface area contributed by atoms with Gasteiger partial charge in [0.05, 0.1) is 17.8 Å². The molecule has 0 spiro atoms. The number of H-pyrrole nitrogens is 1. The Labute approximate surface area is 139 Å². The summed E-state index contributed by atoms with van der Waals surface area (Å²) in [5.41, 5.74) is 5.48. The lowest BCUT2D eigenvalue weighted by molar-refractivity contribution is 0.476. The standard InChI is InChI=1S/C19H18N4O/c1-12-8-9-15(16(24)10-12)18-20-17-13(2)22-23(19(17)21-18)11-14-6-4-3-5-7-14/h3-10,24H,11H2,1-2H3,(H,20,21). The Bertz CT molecular complexity index is 1010. The van der Waals surface area contributed by atoms with Gasteiger partial charge in [0.1, 0.15) is 17.1 Å². The topological polar surface area (TPSA) is 66.7 Å². The summed E-state index contributed by atoms with van der Waals surface area (Å²) in [5.74, 6) is 0.886. The molecule has 0 amide bonds. The van der Waals surface area contributed by atoms with Crippen LogP contribution in [0.2, 0.25) is 0 Å². The molecular weight excluding hydrogens is 300 g/mol. The largest absolute Gasteiger partial charge is 0.507 e. The van der Waals surface area contributed by atoms with Crippen LogP contribution in [-0.4, -0.2) is 24.9 Å². The van der Waals surface area contributed by atoms with Gasteiger partial charge in [0.2, 0.25) is 0 Å². The molecule has 2 aromatic heterocycles. The van der Waals surface area contributed by atoms with Gasteiger partial charge in [-0.1, -0.05) is 36.4 Å². The number of phenols is 1. The van der Waals surface area contributed by atoms with Crippen LogP contribution < -0.4 is 0 Å². The summed E-state index contributed by atoms with van der Waals surface area (Å²) in [6, 6.07) is 15.8. The molecule has 0 saturated carbocycles. The van der Waals surface area contributed by atoms with Gasteiger partial charge in [-0.15, -0.1) is 0 Å². The molecule has 0 saturated heterocycles. The number of hydrogen-bond donors (Lipinski definition) is 2. The summed E-state index contributed by atoms with van der Waals surface area (Å²) in [6.45, 7) is 4.57. The highest BCUT2D eigenvalue weighted by molar-refractivity contribution is 5.80. The number of aromatic hydroxyl groups is 1. The number of rotatable bonds is 3. The van der Waals surface area contributed by atoms with Crippen LogP contribution in [-0.2, 0) is 6.54 Å². The lowest BCUT2D eigenvalue weighted by atomic mass is 10.1. The van der Waals surface area contributed by atoms with E-state index in [-0.39, 0.29) is 5.75 Å². The number of hydrogen-bond acceptors (Lipinski definition) is 3. The van der Waals surface area contributed by atoms with Gasteiger partial charge in [-0.25, -0.2) is 9.67 Å². The average molecular weight is 318 g/mol. The van der Waals surface area contributed by atoms with Crippen molar-refractivity contribution >= 4 is 11.2 Å². The third-order valence-corrected chi connectivity index (χ3v) is 4.15. The highest BCUT2D eigenvalue weighted by Gasteiger charge is 2.16. The Morgan fingerprint density at radius 2 is 1.88 bits per heavy atom. The van der Waals surface area contributed by atoms with E-state index in [9.17, 15) is 5.11 Å². The van der Waals surface area contributed by atoms with Crippen molar-refractivity contribution in [3.8, 4) is 17.1 Å². The van der Waals surface area contributed by atoms with Crippen LogP contribution in [0.5, 0.6) is 5.75 Å². The van der Waals surface area contributed by atoms with E-state index < -0.39 is 0 Å². The van der Waals surface area contributed by atoms with E-state index >= 15 is 0 Å². The third kappa shape index (κ3) is 2.44. The van der Waals surface area contributed by atoms with E-state index in [2.05, 4.69) is 27.2 Å². The molecule has 0 radical (unpaired) electrons. The molecule has 5 heteroatoms. The van der Waals surface area contributed by atoms with Crippen LogP contribution in [0.15, 0.2) is 48.5 Å². The predicted molar refractivity (Wildman–Crippen MR) is 94.0 cm³/mol. The lowest BCUT2D eigenvalue weighted by Gasteiger charge is -2.03. The zero-order valence-corrected chi connectivity index (χ0v) is 13.6. The second-order valence-corrected chi connectivity index (χ2v) is 6.03. The first-order chi connectivity index (χ1) is 11.6. The highest BCUT2D eigenvalue weighted by atomic mass is 16.3. The number of nitrogens with zero attached hydrogens (tertiary/aromatic N) is 3. The highest BCUT2D eigenvalue weighted by Crippen LogP contribution is 2.30. The first-order valence-corrected chi connectivity index (χ1v) is 7.89. The molecule has 0 aliphatic heterocycles. The molecule has 2 heterocycles. The number of phenolic OH excluding ortho intramolecular Hbond substituents is 1. The SMILES string of the molecule is Cc1ccc(-c2nc3c([nH]2)c(C)nn3Cc2ccccc2)c(O)c1. The monoisotopic (exact) mass is 318 g/mol. The first-order valence-electron chi connectivity index (χ1n) is 7.89. The lowest BCUT2D eigenvalue weighted by Crippen LogP contribution is -2.02. The minimum atomic E-state index is 0.228. The molecule has 5 nitrogen and oxygen atoms in total. The molecule has 2 aromatic carbocycles. The second kappa shape index (κ2) is 5.53. The molecule has 0 bridgehead atoms. The van der Waals surface area contributed by atoms with E-state index in [0.717, 1.165) is 22.4 Å². The minimum Gasteiger partial charge on any atom is -0.507 e. The van der Waals surface area contributed by atoms with Crippen molar-refractivity contribution in [2.45, 2.75) is 20.4 Å². The van der Waals surface area contributed by atoms with Gasteiger partial charge in [0.15, 0.2) is 5.65 Å². The van der Waals surface area contributed by atoms with Crippen molar-refractivity contribution in [3.63, 3.8) is 0 Å². The van der Waals surface area contributed by atoms with Gasteiger partial charge in [0.25, 0.3) is 0 Å². The van der Waals surface area contributed by atoms with Crippen LogP contribution in [0.3, 0.4) is 0 Å². The smallest absolute Gasteiger partial charge is 0.177 e. The number of nitrogens with one attached hydrogen (secondary N) is 1. The third-order valence-electron chi connectivity index (χ3n) is 4.15. The molecule has 4 aromatic rings. The van der Waals surface area contributed by atoms with Crippen molar-refractivity contribution in [2.24, 2.45) is 0 Å². The van der Waals surface area contributed by atoms with Crippen LogP contribution in [0.1, 0.15) is 16.8 Å². The summed E-state index contributed by atoms with van der Waals surface area (Å²) in [6.07, 6.45) is 0. The number of imidazole rings is 1. The van der Waals surface area contributed by atoms with Crippen LogP contribution in [0.25, 0.3) is 22.6 Å². The molecule has 2 N–H and O–H groups in total. The summed E-state index contributed by atoms with van der Waals surface area (Å²) >= 11 is 0. The Morgan fingerprint density at radius 1 is 1.08 bits per heavy atom. The molecule has 0 fully saturated rings. The quantitative estimate of drug-likeness (QED) is 0.604. The van der Waals surface area contributed by atoms with Gasteiger partial charge in [-0.2, -0.15) is 5.10 Å². The van der Waals surface area contributed by atoms with Crippen LogP contribution in [0, 0.1) is 13.8 Å². The Kier molecular flexibility index (Phi) is 3.34. The summed E-state index contributed by atoms with van der Waals surface area (Å²) in [4.78, 5) is 7.97. The number of fused-ring (bicyclic) bond motifs is 1. The molecule has 0 aliphatic carbocycles. The fraction of sp³-hybridized carbons (Fsp3) is 0.158. The predicted octanol–water partition coefficient (Wildman–Crippen LogP) is 3.80. The van der Waals surface area contributed by atoms with Crippen molar-refractivity contribution in [2.75, 3.05) is 0 Å². The van der Waals surface area contributed by atoms with Gasteiger partial charge in [0, 0.05) is 0 Å². The molecule has 0 atom stereocenters. The Hall–Kier alpha value is -3.08. The first kappa shape index (κ1) is 14.5. The van der Waals surface area contributed by atoms with Gasteiger partial charge in [-0.3, -0.25) is 0 Å². The van der Waals surface area contributed by atoms with Crippen LogP contribution in [0.4, 0.5) is 0 Å². The molecule has 0 unspecified atom stereocenters. The maximum absolute atomic E-state index is 10.2. The number of benzene rings is 2. The van der Waals surface area contributed by atoms with Crippen molar-refractivity contribution < 1.29 is 5.11 Å². The van der Waals surface area contributed by atoms with Crippen molar-refractivity contribution in [1.29, 1.82) is 0 Å². The molecular formula is C19H18N4O. The van der Waals surface area contributed by atoms with Crippen LogP contribution >= 0.6 is 0 Å².